The predicted octanol–water partition coefficient (Wildman–Crippen LogP) is 1.34. The summed E-state index contributed by atoms with van der Waals surface area (Å²) in [5.41, 5.74) is 1.98. The quantitative estimate of drug-likeness (QED) is 0.898. The molecule has 22 heavy (non-hydrogen) atoms. The van der Waals surface area contributed by atoms with E-state index in [9.17, 15) is 9.18 Å². The summed E-state index contributed by atoms with van der Waals surface area (Å²) < 4.78 is 14.4. The summed E-state index contributed by atoms with van der Waals surface area (Å²) in [5, 5.41) is 3.30. The van der Waals surface area contributed by atoms with E-state index >= 15 is 0 Å². The van der Waals surface area contributed by atoms with E-state index in [4.69, 9.17) is 0 Å². The van der Waals surface area contributed by atoms with Gasteiger partial charge in [0.1, 0.15) is 11.2 Å². The van der Waals surface area contributed by atoms with E-state index in [1.165, 1.54) is 0 Å². The molecule has 6 heteroatoms. The molecule has 0 unspecified atom stereocenters. The van der Waals surface area contributed by atoms with E-state index in [-0.39, 0.29) is 22.8 Å². The molecule has 1 aliphatic heterocycles. The highest BCUT2D eigenvalue weighted by molar-refractivity contribution is 5.75. The van der Waals surface area contributed by atoms with Gasteiger partial charge in [0.25, 0.3) is 5.56 Å². The smallest absolute Gasteiger partial charge is 0.270 e. The zero-order valence-electron chi connectivity index (χ0n) is 12.4. The number of nitrogens with zero attached hydrogens (tertiary/aromatic N) is 2. The summed E-state index contributed by atoms with van der Waals surface area (Å²) in [4.78, 5) is 21.4. The van der Waals surface area contributed by atoms with E-state index in [0.717, 1.165) is 44.6 Å². The Hall–Kier alpha value is -1.79. The molecular weight excluding hydrogens is 283 g/mol. The van der Waals surface area contributed by atoms with Crippen molar-refractivity contribution in [3.8, 4) is 0 Å². The second-order valence-corrected chi connectivity index (χ2v) is 6.23. The molecular formula is C16H19FN4O. The second-order valence-electron chi connectivity index (χ2n) is 6.23. The van der Waals surface area contributed by atoms with Crippen molar-refractivity contribution in [2.45, 2.75) is 25.3 Å². The van der Waals surface area contributed by atoms with Crippen LogP contribution in [0.5, 0.6) is 0 Å². The second kappa shape index (κ2) is 5.44. The Morgan fingerprint density at radius 1 is 1.27 bits per heavy atom. The molecule has 1 aliphatic carbocycles. The first-order valence-electron chi connectivity index (χ1n) is 7.86. The molecule has 1 saturated carbocycles. The van der Waals surface area contributed by atoms with Crippen LogP contribution in [0.15, 0.2) is 16.9 Å². The fourth-order valence-electron chi connectivity index (χ4n) is 3.07. The number of nitrogens with one attached hydrogen (secondary N) is 2. The number of hydrogen-bond acceptors (Lipinski definition) is 4. The first-order chi connectivity index (χ1) is 10.7. The zero-order chi connectivity index (χ0) is 15.1. The highest BCUT2D eigenvalue weighted by Gasteiger charge is 2.28. The van der Waals surface area contributed by atoms with Crippen LogP contribution in [-0.2, 0) is 6.54 Å². The Morgan fingerprint density at radius 2 is 2.05 bits per heavy atom. The van der Waals surface area contributed by atoms with Gasteiger partial charge in [-0.25, -0.2) is 9.37 Å². The van der Waals surface area contributed by atoms with E-state index in [1.807, 2.05) is 6.07 Å². The lowest BCUT2D eigenvalue weighted by Gasteiger charge is -2.27. The number of benzene rings is 1. The number of piperazine rings is 1. The summed E-state index contributed by atoms with van der Waals surface area (Å²) in [6, 6.07) is 3.40. The third kappa shape index (κ3) is 2.64. The van der Waals surface area contributed by atoms with Gasteiger partial charge in [-0.2, -0.15) is 0 Å². The van der Waals surface area contributed by atoms with Crippen molar-refractivity contribution >= 4 is 11.0 Å². The summed E-state index contributed by atoms with van der Waals surface area (Å²) in [6.07, 6.45) is 1.95. The van der Waals surface area contributed by atoms with Gasteiger partial charge < -0.3 is 10.3 Å². The fraction of sp³-hybridized carbons (Fsp3) is 0.500. The Balaban J connectivity index is 1.69. The van der Waals surface area contributed by atoms with Crippen LogP contribution >= 0.6 is 0 Å². The Morgan fingerprint density at radius 3 is 2.77 bits per heavy atom. The average Bonchev–Trinajstić information content (AvgIpc) is 3.32. The molecule has 4 rings (SSSR count). The molecule has 0 bridgehead atoms. The summed E-state index contributed by atoms with van der Waals surface area (Å²) in [6.45, 7) is 4.52. The van der Waals surface area contributed by atoms with Gasteiger partial charge in [-0.3, -0.25) is 9.69 Å². The van der Waals surface area contributed by atoms with Crippen molar-refractivity contribution in [1.29, 1.82) is 0 Å². The van der Waals surface area contributed by atoms with Crippen molar-refractivity contribution < 1.29 is 4.39 Å². The molecule has 2 heterocycles. The van der Waals surface area contributed by atoms with Crippen LogP contribution in [0.3, 0.4) is 0 Å². The molecule has 1 aromatic heterocycles. The van der Waals surface area contributed by atoms with Gasteiger partial charge in [0, 0.05) is 38.6 Å². The number of fused-ring (bicyclic) bond motifs is 1. The van der Waals surface area contributed by atoms with Crippen LogP contribution in [0.4, 0.5) is 4.39 Å². The molecule has 1 aromatic carbocycles. The van der Waals surface area contributed by atoms with Crippen LogP contribution in [-0.4, -0.2) is 41.0 Å². The van der Waals surface area contributed by atoms with E-state index in [2.05, 4.69) is 20.2 Å². The molecule has 5 nitrogen and oxygen atoms in total. The predicted molar refractivity (Wildman–Crippen MR) is 82.4 cm³/mol. The van der Waals surface area contributed by atoms with Gasteiger partial charge in [0.05, 0.1) is 5.52 Å². The van der Waals surface area contributed by atoms with Gasteiger partial charge in [0.15, 0.2) is 5.82 Å². The average molecular weight is 302 g/mol. The number of rotatable bonds is 3. The minimum absolute atomic E-state index is 0.172. The molecule has 0 spiro atoms. The lowest BCUT2D eigenvalue weighted by Crippen LogP contribution is -2.42. The van der Waals surface area contributed by atoms with Gasteiger partial charge in [0.2, 0.25) is 0 Å². The first kappa shape index (κ1) is 13.8. The van der Waals surface area contributed by atoms with Crippen molar-refractivity contribution in [3.63, 3.8) is 0 Å². The summed E-state index contributed by atoms with van der Waals surface area (Å²) >= 11 is 0. The lowest BCUT2D eigenvalue weighted by atomic mass is 10.1. The number of aromatic nitrogens is 2. The van der Waals surface area contributed by atoms with Gasteiger partial charge in [-0.1, -0.05) is 0 Å². The highest BCUT2D eigenvalue weighted by atomic mass is 19.1. The Kier molecular flexibility index (Phi) is 3.43. The van der Waals surface area contributed by atoms with Crippen LogP contribution in [0.25, 0.3) is 11.0 Å². The first-order valence-corrected chi connectivity index (χ1v) is 7.86. The minimum atomic E-state index is -0.346. The number of H-pyrrole nitrogens is 1. The Bertz CT molecular complexity index is 763. The van der Waals surface area contributed by atoms with Crippen molar-refractivity contribution in [2.24, 2.45) is 0 Å². The third-order valence-corrected chi connectivity index (χ3v) is 4.42. The van der Waals surface area contributed by atoms with Crippen LogP contribution in [0.2, 0.25) is 0 Å². The number of aromatic amines is 1. The molecule has 2 aliphatic rings. The molecule has 2 N–H and O–H groups in total. The van der Waals surface area contributed by atoms with Crippen molar-refractivity contribution in [3.05, 3.63) is 39.6 Å². The van der Waals surface area contributed by atoms with Gasteiger partial charge in [-0.05, 0) is 30.5 Å². The Labute approximate surface area is 127 Å². The molecule has 116 valence electrons. The van der Waals surface area contributed by atoms with E-state index in [0.29, 0.717) is 17.8 Å². The lowest BCUT2D eigenvalue weighted by molar-refractivity contribution is 0.233. The molecule has 2 aromatic rings. The molecule has 2 fully saturated rings. The fourth-order valence-corrected chi connectivity index (χ4v) is 3.07. The maximum atomic E-state index is 14.4. The van der Waals surface area contributed by atoms with Crippen LogP contribution in [0.1, 0.15) is 30.0 Å². The van der Waals surface area contributed by atoms with E-state index in [1.54, 1.807) is 6.07 Å². The molecule has 1 saturated heterocycles. The number of hydrogen-bond donors (Lipinski definition) is 2. The summed E-state index contributed by atoms with van der Waals surface area (Å²) in [5.74, 6) is -0.131. The molecule has 0 radical (unpaired) electrons. The topological polar surface area (TPSA) is 61.0 Å². The molecule has 0 amide bonds. The molecule has 0 atom stereocenters. The largest absolute Gasteiger partial charge is 0.319 e. The standard InChI is InChI=1S/C16H19FN4O/c17-12-7-10(9-21-5-3-18-4-6-21)8-13-15(12)20-14(11-1-2-11)16(22)19-13/h7-8,11,18H,1-6,9H2,(H,19,22). The zero-order valence-corrected chi connectivity index (χ0v) is 12.4. The van der Waals surface area contributed by atoms with Crippen molar-refractivity contribution in [1.82, 2.24) is 20.2 Å². The van der Waals surface area contributed by atoms with E-state index < -0.39 is 0 Å². The van der Waals surface area contributed by atoms with Crippen LogP contribution < -0.4 is 10.9 Å². The normalized spacial score (nSPS) is 19.7. The monoisotopic (exact) mass is 302 g/mol. The van der Waals surface area contributed by atoms with Gasteiger partial charge in [-0.15, -0.1) is 0 Å². The number of halogens is 1. The third-order valence-electron chi connectivity index (χ3n) is 4.42. The summed E-state index contributed by atoms with van der Waals surface area (Å²) in [7, 11) is 0. The maximum Gasteiger partial charge on any atom is 0.270 e. The maximum absolute atomic E-state index is 14.4. The highest BCUT2D eigenvalue weighted by Crippen LogP contribution is 2.37. The van der Waals surface area contributed by atoms with Gasteiger partial charge >= 0.3 is 0 Å². The van der Waals surface area contributed by atoms with Crippen molar-refractivity contribution in [2.75, 3.05) is 26.2 Å². The SMILES string of the molecule is O=c1[nH]c2cc(CN3CCNCC3)cc(F)c2nc1C1CC1. The van der Waals surface area contributed by atoms with Crippen LogP contribution in [0, 0.1) is 5.82 Å². The minimum Gasteiger partial charge on any atom is -0.319 e.